The van der Waals surface area contributed by atoms with Crippen molar-refractivity contribution in [2.24, 2.45) is 5.92 Å². The summed E-state index contributed by atoms with van der Waals surface area (Å²) in [5.74, 6) is 1.06. The zero-order chi connectivity index (χ0) is 12.0. The SMILES string of the molecule is CCC(CCCl)CNc1ncc(Br)cc1F. The summed E-state index contributed by atoms with van der Waals surface area (Å²) >= 11 is 8.85. The first-order valence-electron chi connectivity index (χ1n) is 5.28. The molecule has 1 N–H and O–H groups in total. The normalized spacial score (nSPS) is 12.5. The topological polar surface area (TPSA) is 24.9 Å². The molecular formula is C11H15BrClFN2. The van der Waals surface area contributed by atoms with Gasteiger partial charge in [-0.2, -0.15) is 0 Å². The number of aromatic nitrogens is 1. The second-order valence-corrected chi connectivity index (χ2v) is 4.91. The summed E-state index contributed by atoms with van der Waals surface area (Å²) in [6.07, 6.45) is 3.54. The molecule has 0 aliphatic rings. The Balaban J connectivity index is 2.53. The van der Waals surface area contributed by atoms with E-state index in [4.69, 9.17) is 11.6 Å². The van der Waals surface area contributed by atoms with E-state index in [2.05, 4.69) is 33.2 Å². The molecule has 0 aromatic carbocycles. The number of hydrogen-bond donors (Lipinski definition) is 1. The first-order chi connectivity index (χ1) is 7.67. The van der Waals surface area contributed by atoms with Gasteiger partial charge >= 0.3 is 0 Å². The monoisotopic (exact) mass is 308 g/mol. The van der Waals surface area contributed by atoms with Gasteiger partial charge in [0.15, 0.2) is 11.6 Å². The highest BCUT2D eigenvalue weighted by Crippen LogP contribution is 2.17. The summed E-state index contributed by atoms with van der Waals surface area (Å²) in [5, 5.41) is 3.01. The predicted octanol–water partition coefficient (Wildman–Crippen LogP) is 4.05. The van der Waals surface area contributed by atoms with Crippen molar-refractivity contribution >= 4 is 33.3 Å². The largest absolute Gasteiger partial charge is 0.367 e. The fraction of sp³-hybridized carbons (Fsp3) is 0.545. The van der Waals surface area contributed by atoms with Crippen molar-refractivity contribution in [2.75, 3.05) is 17.7 Å². The van der Waals surface area contributed by atoms with Crippen molar-refractivity contribution < 1.29 is 4.39 Å². The number of pyridine rings is 1. The highest BCUT2D eigenvalue weighted by atomic mass is 79.9. The maximum atomic E-state index is 13.4. The van der Waals surface area contributed by atoms with Gasteiger partial charge in [0.25, 0.3) is 0 Å². The van der Waals surface area contributed by atoms with Crippen molar-refractivity contribution in [3.8, 4) is 0 Å². The van der Waals surface area contributed by atoms with E-state index in [-0.39, 0.29) is 5.82 Å². The van der Waals surface area contributed by atoms with Crippen LogP contribution in [0.25, 0.3) is 0 Å². The van der Waals surface area contributed by atoms with Gasteiger partial charge in [0.05, 0.1) is 0 Å². The highest BCUT2D eigenvalue weighted by molar-refractivity contribution is 9.10. The van der Waals surface area contributed by atoms with Crippen LogP contribution in [-0.4, -0.2) is 17.4 Å². The van der Waals surface area contributed by atoms with Crippen molar-refractivity contribution in [2.45, 2.75) is 19.8 Å². The maximum absolute atomic E-state index is 13.4. The molecular weight excluding hydrogens is 294 g/mol. The Morgan fingerprint density at radius 1 is 1.62 bits per heavy atom. The summed E-state index contributed by atoms with van der Waals surface area (Å²) in [5.41, 5.74) is 0. The molecule has 0 aliphatic carbocycles. The number of anilines is 1. The van der Waals surface area contributed by atoms with E-state index in [1.165, 1.54) is 6.07 Å². The Kier molecular flexibility index (Phi) is 6.06. The second kappa shape index (κ2) is 7.07. The molecule has 1 atom stereocenters. The van der Waals surface area contributed by atoms with E-state index in [0.717, 1.165) is 12.8 Å². The van der Waals surface area contributed by atoms with Gasteiger partial charge in [-0.1, -0.05) is 13.3 Å². The molecule has 1 heterocycles. The highest BCUT2D eigenvalue weighted by Gasteiger charge is 2.08. The van der Waals surface area contributed by atoms with Crippen molar-refractivity contribution in [3.63, 3.8) is 0 Å². The van der Waals surface area contributed by atoms with Gasteiger partial charge in [-0.15, -0.1) is 11.6 Å². The number of nitrogens with zero attached hydrogens (tertiary/aromatic N) is 1. The molecule has 2 nitrogen and oxygen atoms in total. The summed E-state index contributed by atoms with van der Waals surface area (Å²) < 4.78 is 14.1. The lowest BCUT2D eigenvalue weighted by molar-refractivity contribution is 0.518. The lowest BCUT2D eigenvalue weighted by Gasteiger charge is -2.14. The zero-order valence-electron chi connectivity index (χ0n) is 9.14. The third-order valence-corrected chi connectivity index (χ3v) is 3.11. The van der Waals surface area contributed by atoms with Crippen LogP contribution in [-0.2, 0) is 0 Å². The van der Waals surface area contributed by atoms with Crippen LogP contribution in [0.5, 0.6) is 0 Å². The van der Waals surface area contributed by atoms with Gasteiger partial charge in [0.2, 0.25) is 0 Å². The van der Waals surface area contributed by atoms with E-state index >= 15 is 0 Å². The minimum Gasteiger partial charge on any atom is -0.367 e. The quantitative estimate of drug-likeness (QED) is 0.802. The minimum atomic E-state index is -0.338. The molecule has 0 spiro atoms. The van der Waals surface area contributed by atoms with Gasteiger partial charge in [-0.05, 0) is 34.3 Å². The number of rotatable bonds is 6. The van der Waals surface area contributed by atoms with Crippen LogP contribution in [0, 0.1) is 11.7 Å². The molecule has 90 valence electrons. The van der Waals surface area contributed by atoms with E-state index in [1.54, 1.807) is 6.20 Å². The Bertz CT molecular complexity index is 336. The van der Waals surface area contributed by atoms with Crippen LogP contribution in [0.15, 0.2) is 16.7 Å². The predicted molar refractivity (Wildman–Crippen MR) is 69.5 cm³/mol. The van der Waals surface area contributed by atoms with E-state index in [1.807, 2.05) is 0 Å². The molecule has 16 heavy (non-hydrogen) atoms. The smallest absolute Gasteiger partial charge is 0.166 e. The first-order valence-corrected chi connectivity index (χ1v) is 6.61. The van der Waals surface area contributed by atoms with E-state index in [0.29, 0.717) is 28.6 Å². The van der Waals surface area contributed by atoms with Crippen LogP contribution in [0.3, 0.4) is 0 Å². The van der Waals surface area contributed by atoms with Gasteiger partial charge < -0.3 is 5.32 Å². The van der Waals surface area contributed by atoms with Crippen LogP contribution in [0.4, 0.5) is 10.2 Å². The summed E-state index contributed by atoms with van der Waals surface area (Å²) in [6, 6.07) is 1.40. The van der Waals surface area contributed by atoms with Gasteiger partial charge in [-0.25, -0.2) is 9.37 Å². The number of alkyl halides is 1. The Morgan fingerprint density at radius 3 is 2.94 bits per heavy atom. The zero-order valence-corrected chi connectivity index (χ0v) is 11.5. The van der Waals surface area contributed by atoms with Crippen LogP contribution < -0.4 is 5.32 Å². The average Bonchev–Trinajstić information content (AvgIpc) is 2.26. The Morgan fingerprint density at radius 2 is 2.38 bits per heavy atom. The average molecular weight is 310 g/mol. The third-order valence-electron chi connectivity index (χ3n) is 2.46. The van der Waals surface area contributed by atoms with Crippen LogP contribution in [0.2, 0.25) is 0 Å². The first kappa shape index (κ1) is 13.7. The van der Waals surface area contributed by atoms with Crippen molar-refractivity contribution in [1.82, 2.24) is 4.98 Å². The van der Waals surface area contributed by atoms with Crippen LogP contribution >= 0.6 is 27.5 Å². The molecule has 0 amide bonds. The molecule has 0 fully saturated rings. The molecule has 0 bridgehead atoms. The van der Waals surface area contributed by atoms with Crippen LogP contribution in [0.1, 0.15) is 19.8 Å². The molecule has 1 unspecified atom stereocenters. The van der Waals surface area contributed by atoms with E-state index in [9.17, 15) is 4.39 Å². The van der Waals surface area contributed by atoms with Gasteiger partial charge in [-0.3, -0.25) is 0 Å². The fourth-order valence-electron chi connectivity index (χ4n) is 1.39. The van der Waals surface area contributed by atoms with Crippen molar-refractivity contribution in [3.05, 3.63) is 22.6 Å². The fourth-order valence-corrected chi connectivity index (χ4v) is 2.00. The molecule has 5 heteroatoms. The summed E-state index contributed by atoms with van der Waals surface area (Å²) in [6.45, 7) is 2.80. The number of nitrogens with one attached hydrogen (secondary N) is 1. The second-order valence-electron chi connectivity index (χ2n) is 3.62. The molecule has 1 aromatic rings. The standard InChI is InChI=1S/C11H15BrClFN2/c1-2-8(3-4-13)6-15-11-10(14)5-9(12)7-16-11/h5,7-8H,2-4,6H2,1H3,(H,15,16). The molecule has 0 aliphatic heterocycles. The summed E-state index contributed by atoms with van der Waals surface area (Å²) in [7, 11) is 0. The Hall–Kier alpha value is -0.350. The van der Waals surface area contributed by atoms with Crippen molar-refractivity contribution in [1.29, 1.82) is 0 Å². The molecule has 1 rings (SSSR count). The lowest BCUT2D eigenvalue weighted by Crippen LogP contribution is -2.15. The van der Waals surface area contributed by atoms with E-state index < -0.39 is 0 Å². The van der Waals surface area contributed by atoms with Gasteiger partial charge in [0, 0.05) is 23.1 Å². The molecule has 0 saturated carbocycles. The molecule has 0 saturated heterocycles. The number of halogens is 3. The minimum absolute atomic E-state index is 0.302. The summed E-state index contributed by atoms with van der Waals surface area (Å²) in [4.78, 5) is 3.98. The maximum Gasteiger partial charge on any atom is 0.166 e. The Labute approximate surface area is 109 Å². The number of hydrogen-bond acceptors (Lipinski definition) is 2. The van der Waals surface area contributed by atoms with Gasteiger partial charge in [0.1, 0.15) is 0 Å². The molecule has 1 aromatic heterocycles. The molecule has 0 radical (unpaired) electrons. The third kappa shape index (κ3) is 4.26. The lowest BCUT2D eigenvalue weighted by atomic mass is 10.0.